The molecule has 0 unspecified atom stereocenters. The molecule has 1 aliphatic heterocycles. The van der Waals surface area contributed by atoms with Crippen molar-refractivity contribution in [3.05, 3.63) is 0 Å². The molecule has 0 aromatic rings. The van der Waals surface area contributed by atoms with Crippen LogP contribution in [0.25, 0.3) is 0 Å². The van der Waals surface area contributed by atoms with Gasteiger partial charge in [-0.05, 0) is 27.2 Å². The second-order valence-corrected chi connectivity index (χ2v) is 3.64. The van der Waals surface area contributed by atoms with E-state index in [1.807, 2.05) is 0 Å². The second-order valence-electron chi connectivity index (χ2n) is 3.64. The molecule has 1 heterocycles. The summed E-state index contributed by atoms with van der Waals surface area (Å²) in [6.45, 7) is 7.80. The molecule has 1 saturated heterocycles. The van der Waals surface area contributed by atoms with Crippen LogP contribution in [-0.2, 0) is 0 Å². The lowest BCUT2D eigenvalue weighted by molar-refractivity contribution is 0.215. The topological polar surface area (TPSA) is 29.3 Å². The minimum absolute atomic E-state index is 0.414. The normalized spacial score (nSPS) is 35.7. The molecule has 0 aromatic heterocycles. The zero-order valence-corrected chi connectivity index (χ0v) is 7.17. The Bertz CT molecular complexity index is 112. The maximum atomic E-state index is 5.81. The van der Waals surface area contributed by atoms with Crippen molar-refractivity contribution in [2.45, 2.75) is 45.3 Å². The number of hydrogen-bond acceptors (Lipinski definition) is 2. The molecule has 0 radical (unpaired) electrons. The molecule has 1 aliphatic rings. The molecule has 60 valence electrons. The van der Waals surface area contributed by atoms with Crippen LogP contribution >= 0.6 is 0 Å². The molecule has 2 atom stereocenters. The van der Waals surface area contributed by atoms with Gasteiger partial charge in [-0.1, -0.05) is 0 Å². The zero-order valence-electron chi connectivity index (χ0n) is 7.17. The average molecular weight is 142 g/mol. The van der Waals surface area contributed by atoms with E-state index in [4.69, 9.17) is 5.73 Å². The summed E-state index contributed by atoms with van der Waals surface area (Å²) >= 11 is 0. The minimum atomic E-state index is 0.414. The lowest BCUT2D eigenvalue weighted by atomic mass is 10.2. The Hall–Kier alpha value is -0.0800. The highest BCUT2D eigenvalue weighted by Crippen LogP contribution is 2.17. The van der Waals surface area contributed by atoms with Gasteiger partial charge < -0.3 is 5.73 Å². The highest BCUT2D eigenvalue weighted by atomic mass is 15.2. The largest absolute Gasteiger partial charge is 0.326 e. The van der Waals surface area contributed by atoms with Crippen molar-refractivity contribution >= 4 is 0 Å². The molecule has 0 aromatic carbocycles. The van der Waals surface area contributed by atoms with E-state index in [1.165, 1.54) is 0 Å². The Morgan fingerprint density at radius 3 is 2.30 bits per heavy atom. The number of hydrogen-bond donors (Lipinski definition) is 1. The monoisotopic (exact) mass is 142 g/mol. The van der Waals surface area contributed by atoms with Gasteiger partial charge >= 0.3 is 0 Å². The summed E-state index contributed by atoms with van der Waals surface area (Å²) in [6.07, 6.45) is 1.16. The third kappa shape index (κ3) is 1.50. The summed E-state index contributed by atoms with van der Waals surface area (Å²) in [5.41, 5.74) is 5.81. The van der Waals surface area contributed by atoms with Crippen LogP contribution in [0, 0.1) is 0 Å². The van der Waals surface area contributed by atoms with E-state index < -0.39 is 0 Å². The highest BCUT2D eigenvalue weighted by molar-refractivity contribution is 4.86. The van der Waals surface area contributed by atoms with Crippen molar-refractivity contribution in [1.29, 1.82) is 0 Å². The Labute approximate surface area is 63.4 Å². The Morgan fingerprint density at radius 2 is 2.10 bits per heavy atom. The first-order valence-corrected chi connectivity index (χ1v) is 4.12. The van der Waals surface area contributed by atoms with Gasteiger partial charge in [0.1, 0.15) is 0 Å². The zero-order chi connectivity index (χ0) is 7.72. The van der Waals surface area contributed by atoms with Crippen LogP contribution in [0.4, 0.5) is 0 Å². The fraction of sp³-hybridized carbons (Fsp3) is 1.00. The summed E-state index contributed by atoms with van der Waals surface area (Å²) in [5.74, 6) is 0. The van der Waals surface area contributed by atoms with Crippen molar-refractivity contribution in [3.8, 4) is 0 Å². The summed E-state index contributed by atoms with van der Waals surface area (Å²) in [7, 11) is 0. The first-order valence-electron chi connectivity index (χ1n) is 4.12. The van der Waals surface area contributed by atoms with E-state index in [2.05, 4.69) is 25.7 Å². The van der Waals surface area contributed by atoms with Crippen LogP contribution in [0.1, 0.15) is 27.2 Å². The Morgan fingerprint density at radius 1 is 1.50 bits per heavy atom. The molecule has 0 bridgehead atoms. The van der Waals surface area contributed by atoms with Crippen molar-refractivity contribution in [2.24, 2.45) is 5.73 Å². The van der Waals surface area contributed by atoms with Gasteiger partial charge in [-0.15, -0.1) is 0 Å². The number of rotatable bonds is 1. The van der Waals surface area contributed by atoms with E-state index >= 15 is 0 Å². The van der Waals surface area contributed by atoms with E-state index in [9.17, 15) is 0 Å². The van der Waals surface area contributed by atoms with Gasteiger partial charge in [0.15, 0.2) is 0 Å². The van der Waals surface area contributed by atoms with E-state index in [0.717, 1.165) is 13.0 Å². The maximum absolute atomic E-state index is 5.81. The van der Waals surface area contributed by atoms with Crippen molar-refractivity contribution in [3.63, 3.8) is 0 Å². The van der Waals surface area contributed by atoms with Crippen molar-refractivity contribution in [1.82, 2.24) is 4.90 Å². The summed E-state index contributed by atoms with van der Waals surface area (Å²) in [4.78, 5) is 2.46. The number of nitrogens with two attached hydrogens (primary N) is 1. The standard InChI is InChI=1S/C8H18N2/c1-6(2)10-5-8(9)4-7(10)3/h6-8H,4-5,9H2,1-3H3/t7-,8+/m0/s1. The Balaban J connectivity index is 2.46. The van der Waals surface area contributed by atoms with Gasteiger partial charge in [0.25, 0.3) is 0 Å². The summed E-state index contributed by atoms with van der Waals surface area (Å²) in [6, 6.07) is 1.76. The number of nitrogens with zero attached hydrogens (tertiary/aromatic N) is 1. The van der Waals surface area contributed by atoms with Crippen LogP contribution in [0.5, 0.6) is 0 Å². The Kier molecular flexibility index (Phi) is 2.32. The molecule has 2 heteroatoms. The third-order valence-electron chi connectivity index (χ3n) is 2.32. The average Bonchev–Trinajstić information content (AvgIpc) is 2.10. The van der Waals surface area contributed by atoms with Gasteiger partial charge in [-0.3, -0.25) is 4.90 Å². The molecule has 0 spiro atoms. The van der Waals surface area contributed by atoms with Crippen LogP contribution in [0.2, 0.25) is 0 Å². The molecule has 0 amide bonds. The first kappa shape index (κ1) is 8.02. The van der Waals surface area contributed by atoms with Crippen molar-refractivity contribution < 1.29 is 0 Å². The molecule has 1 fully saturated rings. The number of likely N-dealkylation sites (tertiary alicyclic amines) is 1. The van der Waals surface area contributed by atoms with Crippen LogP contribution in [-0.4, -0.2) is 29.6 Å². The quantitative estimate of drug-likeness (QED) is 0.587. The second kappa shape index (κ2) is 2.89. The molecule has 1 rings (SSSR count). The van der Waals surface area contributed by atoms with E-state index in [1.54, 1.807) is 0 Å². The van der Waals surface area contributed by atoms with E-state index in [0.29, 0.717) is 18.1 Å². The van der Waals surface area contributed by atoms with Crippen LogP contribution in [0.3, 0.4) is 0 Å². The molecule has 0 saturated carbocycles. The van der Waals surface area contributed by atoms with Gasteiger partial charge in [-0.2, -0.15) is 0 Å². The molecule has 0 aliphatic carbocycles. The highest BCUT2D eigenvalue weighted by Gasteiger charge is 2.27. The van der Waals surface area contributed by atoms with Gasteiger partial charge in [0.05, 0.1) is 0 Å². The molecule has 10 heavy (non-hydrogen) atoms. The third-order valence-corrected chi connectivity index (χ3v) is 2.32. The van der Waals surface area contributed by atoms with Crippen LogP contribution < -0.4 is 5.73 Å². The van der Waals surface area contributed by atoms with Crippen molar-refractivity contribution in [2.75, 3.05) is 6.54 Å². The maximum Gasteiger partial charge on any atom is 0.0182 e. The molecular formula is C8H18N2. The predicted octanol–water partition coefficient (Wildman–Crippen LogP) is 0.816. The lowest BCUT2D eigenvalue weighted by Crippen LogP contribution is -2.35. The fourth-order valence-electron chi connectivity index (χ4n) is 1.82. The lowest BCUT2D eigenvalue weighted by Gasteiger charge is -2.24. The van der Waals surface area contributed by atoms with Gasteiger partial charge in [-0.25, -0.2) is 0 Å². The smallest absolute Gasteiger partial charge is 0.0182 e. The fourth-order valence-corrected chi connectivity index (χ4v) is 1.82. The van der Waals surface area contributed by atoms with Crippen LogP contribution in [0.15, 0.2) is 0 Å². The summed E-state index contributed by atoms with van der Waals surface area (Å²) < 4.78 is 0. The SMILES string of the molecule is CC(C)N1C[C@H](N)C[C@@H]1C. The molecular weight excluding hydrogens is 124 g/mol. The summed E-state index contributed by atoms with van der Waals surface area (Å²) in [5, 5.41) is 0. The van der Waals surface area contributed by atoms with Gasteiger partial charge in [0.2, 0.25) is 0 Å². The van der Waals surface area contributed by atoms with Gasteiger partial charge in [0, 0.05) is 24.7 Å². The van der Waals surface area contributed by atoms with E-state index in [-0.39, 0.29) is 0 Å². The predicted molar refractivity (Wildman–Crippen MR) is 43.9 cm³/mol. The molecule has 2 nitrogen and oxygen atoms in total. The minimum Gasteiger partial charge on any atom is -0.326 e. The first-order chi connectivity index (χ1) is 4.61. The molecule has 2 N–H and O–H groups in total.